The zero-order valence-electron chi connectivity index (χ0n) is 35.2. The fourth-order valence-electron chi connectivity index (χ4n) is 8.08. The lowest BCUT2D eigenvalue weighted by Crippen LogP contribution is -2.71. The van der Waals surface area contributed by atoms with Gasteiger partial charge in [0.25, 0.3) is 0 Å². The molecule has 5 rings (SSSR count). The molecule has 17 N–H and O–H groups in total. The zero-order valence-corrected chi connectivity index (χ0v) is 36.8. The molecule has 3 amide bonds. The predicted octanol–water partition coefficient (Wildman–Crippen LogP) is -11.1. The average molecular weight is 1030 g/mol. The smallest absolute Gasteiger partial charge is 0.232 e. The molecule has 0 aliphatic carbocycles. The van der Waals surface area contributed by atoms with Gasteiger partial charge in [0, 0.05) is 13.8 Å². The van der Waals surface area contributed by atoms with Crippen LogP contribution in [-0.4, -0.2) is 281 Å². The average Bonchev–Trinajstić information content (AvgIpc) is 3.28. The van der Waals surface area contributed by atoms with Crippen LogP contribution in [0.25, 0.3) is 0 Å². The van der Waals surface area contributed by atoms with Crippen LogP contribution in [-0.2, 0) is 57.0 Å². The summed E-state index contributed by atoms with van der Waals surface area (Å²) in [4.78, 5) is 36.9. The van der Waals surface area contributed by atoms with E-state index in [2.05, 4.69) is 31.9 Å². The van der Waals surface area contributed by atoms with Gasteiger partial charge in [0.1, 0.15) is 122 Å². The third-order valence-electron chi connectivity index (χ3n) is 11.6. The minimum atomic E-state index is -2.20. The Morgan fingerprint density at radius 2 is 0.879 bits per heavy atom. The summed E-state index contributed by atoms with van der Waals surface area (Å²) in [6.45, 7) is -2.31. The highest BCUT2D eigenvalue weighted by atomic mass is 79.9. The lowest BCUT2D eigenvalue weighted by Gasteiger charge is -2.50. The molecule has 5 fully saturated rings. The lowest BCUT2D eigenvalue weighted by molar-refractivity contribution is -0.383. The fourth-order valence-corrected chi connectivity index (χ4v) is 8.24. The van der Waals surface area contributed by atoms with E-state index in [1.54, 1.807) is 0 Å². The first-order valence-electron chi connectivity index (χ1n) is 20.7. The Bertz CT molecular complexity index is 1580. The van der Waals surface area contributed by atoms with Crippen LogP contribution in [0.2, 0.25) is 0 Å². The highest BCUT2D eigenvalue weighted by Crippen LogP contribution is 2.35. The van der Waals surface area contributed by atoms with E-state index in [0.29, 0.717) is 0 Å². The van der Waals surface area contributed by atoms with Gasteiger partial charge in [-0.05, 0) is 0 Å². The molecule has 0 saturated carbocycles. The van der Waals surface area contributed by atoms with Crippen molar-refractivity contribution in [2.24, 2.45) is 0 Å². The van der Waals surface area contributed by atoms with Crippen LogP contribution in [0.15, 0.2) is 0 Å². The van der Waals surface area contributed by atoms with Crippen molar-refractivity contribution in [2.45, 2.75) is 167 Å². The van der Waals surface area contributed by atoms with Crippen molar-refractivity contribution in [2.75, 3.05) is 38.4 Å². The molecule has 5 aliphatic rings. The van der Waals surface area contributed by atoms with E-state index < -0.39 is 204 Å². The number of alkyl halides is 1. The minimum Gasteiger partial charge on any atom is -0.394 e. The monoisotopic (exact) mass is 1030 g/mol. The van der Waals surface area contributed by atoms with Gasteiger partial charge in [-0.3, -0.25) is 14.4 Å². The Morgan fingerprint density at radius 3 is 1.41 bits per heavy atom. The second-order valence-corrected chi connectivity index (χ2v) is 16.8. The van der Waals surface area contributed by atoms with Crippen LogP contribution in [0.5, 0.6) is 0 Å². The summed E-state index contributed by atoms with van der Waals surface area (Å²) in [6, 6.07) is -3.11. The maximum absolute atomic E-state index is 12.6. The summed E-state index contributed by atoms with van der Waals surface area (Å²) in [6.07, 6.45) is -42.0. The summed E-state index contributed by atoms with van der Waals surface area (Å²) in [5, 5.41) is 156. The number of halogens is 1. The van der Waals surface area contributed by atoms with Crippen LogP contribution in [0.3, 0.4) is 0 Å². The summed E-state index contributed by atoms with van der Waals surface area (Å²) >= 11 is 2.98. The van der Waals surface area contributed by atoms with Gasteiger partial charge in [-0.25, -0.2) is 0 Å². The number of hydrogen-bond donors (Lipinski definition) is 17. The van der Waals surface area contributed by atoms with Gasteiger partial charge in [0.05, 0.1) is 38.4 Å². The standard InChI is InChI=1S/C36H60BrN3O26/c1-9(45)38-17-22(51)29(13(6-43)59-32(17)40-16(47)3-37)64-33-18(39-10(2)46)23(52)30(14(7-44)62-33)65-36-28(57)31(66-35-27(56)25(54)20(49)12(5-42)61-35)21(50)15(63-36)8-58-34-26(55)24(53)19(48)11(4-41)60-34/h11-15,17-36,41-44,48-57H,3-8H2,1-2H3,(H,38,45)(H,39,46)(H,40,47)/t11?,12?,13?,14?,15?,17?,18?,19-,20-,21-,22?,23?,24?,25?,26?,27?,28?,29-,30-,31?,32-,33+,34+,35-,36+/m1/s1. The Balaban J connectivity index is 1.42. The Morgan fingerprint density at radius 1 is 0.455 bits per heavy atom. The molecule has 5 saturated heterocycles. The Kier molecular flexibility index (Phi) is 20.1. The van der Waals surface area contributed by atoms with Crippen molar-refractivity contribution < 1.29 is 129 Å². The van der Waals surface area contributed by atoms with Gasteiger partial charge in [-0.15, -0.1) is 0 Å². The van der Waals surface area contributed by atoms with Gasteiger partial charge in [-0.2, -0.15) is 0 Å². The maximum atomic E-state index is 12.6. The number of aliphatic hydroxyl groups excluding tert-OH is 14. The molecule has 0 bridgehead atoms. The van der Waals surface area contributed by atoms with Crippen LogP contribution >= 0.6 is 15.9 Å². The highest BCUT2D eigenvalue weighted by molar-refractivity contribution is 9.09. The van der Waals surface area contributed by atoms with Crippen molar-refractivity contribution in [3.63, 3.8) is 0 Å². The number of carbonyl (C=O) groups is 3. The fraction of sp³-hybridized carbons (Fsp3) is 0.917. The molecule has 25 atom stereocenters. The molecule has 0 aromatic heterocycles. The third kappa shape index (κ3) is 12.3. The number of carbonyl (C=O) groups excluding carboxylic acids is 3. The van der Waals surface area contributed by atoms with E-state index in [0.717, 1.165) is 13.8 Å². The minimum absolute atomic E-state index is 0.205. The van der Waals surface area contributed by atoms with E-state index in [1.165, 1.54) is 0 Å². The van der Waals surface area contributed by atoms with E-state index in [-0.39, 0.29) is 5.33 Å². The SMILES string of the molecule is CC(=O)NC1C(O)[C@H](O[C@@H]2OC(CO[C@H]3OC(CO)[C@@H](O)C(O)C3O)[C@@H](O)C(O[C@H]3OC(CO)[C@@H](O)C(O)C3O)C2O)C(CO)O[C@H]1O[C@@H]1C(CO)O[C@@H](NC(=O)CBr)C(NC(C)=O)C1O. The number of hydrogen-bond acceptors (Lipinski definition) is 26. The van der Waals surface area contributed by atoms with Crippen LogP contribution < -0.4 is 16.0 Å². The molecule has 15 unspecified atom stereocenters. The maximum Gasteiger partial charge on any atom is 0.232 e. The molecule has 0 spiro atoms. The number of rotatable bonds is 17. The van der Waals surface area contributed by atoms with E-state index in [9.17, 15) is 85.9 Å². The quantitative estimate of drug-likeness (QED) is 0.0602. The van der Waals surface area contributed by atoms with Gasteiger partial charge >= 0.3 is 0 Å². The second-order valence-electron chi connectivity index (χ2n) is 16.2. The summed E-state index contributed by atoms with van der Waals surface area (Å²) < 4.78 is 51.6. The summed E-state index contributed by atoms with van der Waals surface area (Å²) in [7, 11) is 0. The van der Waals surface area contributed by atoms with Crippen LogP contribution in [0.1, 0.15) is 13.8 Å². The molecule has 66 heavy (non-hydrogen) atoms. The molecular formula is C36H60BrN3O26. The second kappa shape index (κ2) is 24.2. The number of nitrogens with one attached hydrogen (secondary N) is 3. The lowest BCUT2D eigenvalue weighted by atomic mass is 9.93. The molecule has 5 aliphatic heterocycles. The Hall–Kier alpha value is -2.03. The van der Waals surface area contributed by atoms with Crippen molar-refractivity contribution in [3.8, 4) is 0 Å². The third-order valence-corrected chi connectivity index (χ3v) is 12.1. The van der Waals surface area contributed by atoms with Gasteiger partial charge in [0.15, 0.2) is 31.4 Å². The molecule has 382 valence electrons. The van der Waals surface area contributed by atoms with Crippen LogP contribution in [0, 0.1) is 0 Å². The largest absolute Gasteiger partial charge is 0.394 e. The summed E-state index contributed by atoms with van der Waals surface area (Å²) in [5.74, 6) is -2.10. The first-order chi connectivity index (χ1) is 31.2. The van der Waals surface area contributed by atoms with Crippen molar-refractivity contribution in [1.29, 1.82) is 0 Å². The molecule has 30 heteroatoms. The van der Waals surface area contributed by atoms with Crippen molar-refractivity contribution >= 4 is 33.7 Å². The van der Waals surface area contributed by atoms with Crippen molar-refractivity contribution in [1.82, 2.24) is 16.0 Å². The van der Waals surface area contributed by atoms with Crippen molar-refractivity contribution in [3.05, 3.63) is 0 Å². The van der Waals surface area contributed by atoms with Gasteiger partial charge in [0.2, 0.25) is 17.7 Å². The normalized spacial score (nSPS) is 46.6. The first kappa shape index (κ1) is 54.9. The topological polar surface area (TPSA) is 454 Å². The van der Waals surface area contributed by atoms with Crippen LogP contribution in [0.4, 0.5) is 0 Å². The molecule has 29 nitrogen and oxygen atoms in total. The number of amides is 3. The Labute approximate surface area is 383 Å². The molecule has 0 aromatic carbocycles. The molecular weight excluding hydrogens is 970 g/mol. The highest BCUT2D eigenvalue weighted by Gasteiger charge is 2.56. The number of ether oxygens (including phenoxy) is 9. The van der Waals surface area contributed by atoms with Gasteiger partial charge < -0.3 is 130 Å². The van der Waals surface area contributed by atoms with Gasteiger partial charge in [-0.1, -0.05) is 15.9 Å². The first-order valence-corrected chi connectivity index (χ1v) is 21.8. The molecule has 0 radical (unpaired) electrons. The molecule has 0 aromatic rings. The van der Waals surface area contributed by atoms with E-state index in [4.69, 9.17) is 42.6 Å². The van der Waals surface area contributed by atoms with E-state index >= 15 is 0 Å². The zero-order chi connectivity index (χ0) is 48.9. The molecule has 5 heterocycles. The predicted molar refractivity (Wildman–Crippen MR) is 209 cm³/mol. The van der Waals surface area contributed by atoms with E-state index in [1.807, 2.05) is 0 Å². The number of aliphatic hydroxyl groups is 14. The summed E-state index contributed by atoms with van der Waals surface area (Å²) in [5.41, 5.74) is 0.